The molecule has 2 nitrogen and oxygen atoms in total. The summed E-state index contributed by atoms with van der Waals surface area (Å²) in [6.07, 6.45) is 5.81. The van der Waals surface area contributed by atoms with Gasteiger partial charge in [0.05, 0.1) is 5.54 Å². The second kappa shape index (κ2) is 5.36. The minimum Gasteiger partial charge on any atom is -0.348 e. The van der Waals surface area contributed by atoms with Crippen LogP contribution in [0, 0.1) is 17.8 Å². The van der Waals surface area contributed by atoms with E-state index in [-0.39, 0.29) is 11.8 Å². The maximum atomic E-state index is 12.2. The average Bonchev–Trinajstić information content (AvgIpc) is 3.10. The van der Waals surface area contributed by atoms with Gasteiger partial charge in [0.2, 0.25) is 5.91 Å². The standard InChI is InChI=1S/C13H21Cl2NO/c1-2-13(7-14,8-15)16-12(17)11-9-5-3-4-6-10(9)11/h9-11H,2-8H2,1H3,(H,16,17). The molecule has 2 fully saturated rings. The van der Waals surface area contributed by atoms with Gasteiger partial charge < -0.3 is 5.32 Å². The van der Waals surface area contributed by atoms with Gasteiger partial charge in [-0.05, 0) is 31.1 Å². The van der Waals surface area contributed by atoms with Gasteiger partial charge in [-0.15, -0.1) is 23.2 Å². The van der Waals surface area contributed by atoms with Crippen LogP contribution in [0.15, 0.2) is 0 Å². The third-order valence-electron chi connectivity index (χ3n) is 4.54. The third kappa shape index (κ3) is 2.58. The van der Waals surface area contributed by atoms with Crippen molar-refractivity contribution in [3.8, 4) is 0 Å². The molecule has 0 aromatic carbocycles. The molecule has 2 rings (SSSR count). The highest BCUT2D eigenvalue weighted by Crippen LogP contribution is 2.55. The van der Waals surface area contributed by atoms with E-state index in [9.17, 15) is 4.79 Å². The molecule has 2 unspecified atom stereocenters. The molecule has 17 heavy (non-hydrogen) atoms. The van der Waals surface area contributed by atoms with Crippen LogP contribution in [-0.4, -0.2) is 23.2 Å². The first-order valence-corrected chi connectivity index (χ1v) is 7.68. The first kappa shape index (κ1) is 13.5. The van der Waals surface area contributed by atoms with Crippen molar-refractivity contribution in [2.24, 2.45) is 17.8 Å². The van der Waals surface area contributed by atoms with Crippen LogP contribution < -0.4 is 5.32 Å². The summed E-state index contributed by atoms with van der Waals surface area (Å²) in [7, 11) is 0. The number of amides is 1. The Hall–Kier alpha value is 0.0500. The molecule has 1 N–H and O–H groups in total. The number of nitrogens with one attached hydrogen (secondary N) is 1. The molecule has 2 aliphatic rings. The van der Waals surface area contributed by atoms with Crippen LogP contribution in [0.2, 0.25) is 0 Å². The van der Waals surface area contributed by atoms with Gasteiger partial charge in [0.25, 0.3) is 0 Å². The summed E-state index contributed by atoms with van der Waals surface area (Å²) in [5.41, 5.74) is -0.411. The summed E-state index contributed by atoms with van der Waals surface area (Å²) in [6, 6.07) is 0. The predicted octanol–water partition coefficient (Wildman–Crippen LogP) is 3.17. The molecular formula is C13H21Cl2NO. The van der Waals surface area contributed by atoms with E-state index in [2.05, 4.69) is 5.32 Å². The molecule has 98 valence electrons. The zero-order valence-electron chi connectivity index (χ0n) is 10.3. The molecule has 2 saturated carbocycles. The maximum absolute atomic E-state index is 12.2. The minimum absolute atomic E-state index is 0.185. The lowest BCUT2D eigenvalue weighted by Crippen LogP contribution is -2.52. The van der Waals surface area contributed by atoms with Crippen molar-refractivity contribution < 1.29 is 4.79 Å². The molecule has 2 atom stereocenters. The second-order valence-electron chi connectivity index (χ2n) is 5.53. The van der Waals surface area contributed by atoms with E-state index >= 15 is 0 Å². The van der Waals surface area contributed by atoms with Gasteiger partial charge in [0.1, 0.15) is 0 Å². The lowest BCUT2D eigenvalue weighted by Gasteiger charge is -2.29. The molecule has 0 saturated heterocycles. The zero-order valence-corrected chi connectivity index (χ0v) is 11.9. The lowest BCUT2D eigenvalue weighted by molar-refractivity contribution is -0.124. The van der Waals surface area contributed by atoms with Crippen molar-refractivity contribution >= 4 is 29.1 Å². The van der Waals surface area contributed by atoms with Crippen LogP contribution in [0.1, 0.15) is 39.0 Å². The quantitative estimate of drug-likeness (QED) is 0.769. The van der Waals surface area contributed by atoms with Gasteiger partial charge in [-0.3, -0.25) is 4.79 Å². The fourth-order valence-corrected chi connectivity index (χ4v) is 3.90. The maximum Gasteiger partial charge on any atom is 0.224 e. The van der Waals surface area contributed by atoms with Crippen LogP contribution in [-0.2, 0) is 4.79 Å². The Morgan fingerprint density at radius 2 is 1.76 bits per heavy atom. The number of carbonyl (C=O) groups excluding carboxylic acids is 1. The number of alkyl halides is 2. The normalized spacial score (nSPS) is 31.8. The Labute approximate surface area is 113 Å². The summed E-state index contributed by atoms with van der Waals surface area (Å²) in [6.45, 7) is 2.02. The molecular weight excluding hydrogens is 257 g/mol. The largest absolute Gasteiger partial charge is 0.348 e. The summed E-state index contributed by atoms with van der Waals surface area (Å²) in [4.78, 5) is 12.2. The summed E-state index contributed by atoms with van der Waals surface area (Å²) >= 11 is 11.9. The van der Waals surface area contributed by atoms with Gasteiger partial charge in [-0.2, -0.15) is 0 Å². The highest BCUT2D eigenvalue weighted by atomic mass is 35.5. The van der Waals surface area contributed by atoms with Crippen LogP contribution in [0.3, 0.4) is 0 Å². The van der Waals surface area contributed by atoms with Crippen LogP contribution in [0.5, 0.6) is 0 Å². The highest BCUT2D eigenvalue weighted by Gasteiger charge is 2.55. The molecule has 0 aromatic heterocycles. The van der Waals surface area contributed by atoms with Crippen LogP contribution in [0.4, 0.5) is 0 Å². The predicted molar refractivity (Wildman–Crippen MR) is 71.5 cm³/mol. The Morgan fingerprint density at radius 1 is 1.24 bits per heavy atom. The number of hydrogen-bond donors (Lipinski definition) is 1. The van der Waals surface area contributed by atoms with Crippen molar-refractivity contribution in [3.05, 3.63) is 0 Å². The SMILES string of the molecule is CCC(CCl)(CCl)NC(=O)C1C2CCCCC21. The lowest BCUT2D eigenvalue weighted by atomic mass is 10.0. The number of carbonyl (C=O) groups is 1. The van der Waals surface area contributed by atoms with Gasteiger partial charge in [-0.25, -0.2) is 0 Å². The van der Waals surface area contributed by atoms with Crippen molar-refractivity contribution in [2.45, 2.75) is 44.6 Å². The number of fused-ring (bicyclic) bond motifs is 1. The van der Waals surface area contributed by atoms with Crippen molar-refractivity contribution in [3.63, 3.8) is 0 Å². The summed E-state index contributed by atoms with van der Waals surface area (Å²) in [5.74, 6) is 2.49. The Morgan fingerprint density at radius 3 is 2.18 bits per heavy atom. The Balaban J connectivity index is 1.93. The Kier molecular flexibility index (Phi) is 4.25. The summed E-state index contributed by atoms with van der Waals surface area (Å²) < 4.78 is 0. The Bertz CT molecular complexity index is 271. The number of halogens is 2. The van der Waals surface area contributed by atoms with E-state index in [0.29, 0.717) is 23.6 Å². The second-order valence-corrected chi connectivity index (χ2v) is 6.06. The molecule has 0 heterocycles. The van der Waals surface area contributed by atoms with E-state index in [0.717, 1.165) is 6.42 Å². The molecule has 1 amide bonds. The monoisotopic (exact) mass is 277 g/mol. The van der Waals surface area contributed by atoms with Gasteiger partial charge >= 0.3 is 0 Å². The fourth-order valence-electron chi connectivity index (χ4n) is 3.11. The topological polar surface area (TPSA) is 29.1 Å². The average molecular weight is 278 g/mol. The van der Waals surface area contributed by atoms with Crippen molar-refractivity contribution in [1.82, 2.24) is 5.32 Å². The molecule has 4 heteroatoms. The van der Waals surface area contributed by atoms with Gasteiger partial charge in [-0.1, -0.05) is 19.8 Å². The van der Waals surface area contributed by atoms with Crippen LogP contribution in [0.25, 0.3) is 0 Å². The van der Waals surface area contributed by atoms with Gasteiger partial charge in [0, 0.05) is 17.7 Å². The molecule has 2 aliphatic carbocycles. The number of rotatable bonds is 5. The van der Waals surface area contributed by atoms with E-state index < -0.39 is 5.54 Å². The molecule has 0 aromatic rings. The first-order chi connectivity index (χ1) is 8.17. The van der Waals surface area contributed by atoms with Crippen molar-refractivity contribution in [1.29, 1.82) is 0 Å². The molecule has 0 radical (unpaired) electrons. The molecule has 0 spiro atoms. The van der Waals surface area contributed by atoms with E-state index in [1.54, 1.807) is 0 Å². The van der Waals surface area contributed by atoms with E-state index in [1.165, 1.54) is 25.7 Å². The number of hydrogen-bond acceptors (Lipinski definition) is 1. The zero-order chi connectivity index (χ0) is 12.5. The minimum atomic E-state index is -0.411. The van der Waals surface area contributed by atoms with E-state index in [4.69, 9.17) is 23.2 Å². The summed E-state index contributed by atoms with van der Waals surface area (Å²) in [5, 5.41) is 3.10. The van der Waals surface area contributed by atoms with E-state index in [1.807, 2.05) is 6.92 Å². The van der Waals surface area contributed by atoms with Crippen molar-refractivity contribution in [2.75, 3.05) is 11.8 Å². The first-order valence-electron chi connectivity index (χ1n) is 6.61. The molecule has 0 bridgehead atoms. The molecule has 0 aliphatic heterocycles. The third-order valence-corrected chi connectivity index (χ3v) is 5.56. The smallest absolute Gasteiger partial charge is 0.224 e. The highest BCUT2D eigenvalue weighted by molar-refractivity contribution is 6.22. The van der Waals surface area contributed by atoms with Crippen LogP contribution >= 0.6 is 23.2 Å². The van der Waals surface area contributed by atoms with Gasteiger partial charge in [0.15, 0.2) is 0 Å². The fraction of sp³-hybridized carbons (Fsp3) is 0.923.